The maximum Gasteiger partial charge on any atom is 0.334 e. The van der Waals surface area contributed by atoms with Crippen molar-refractivity contribution >= 4 is 39.6 Å². The molecule has 106 valence electrons. The van der Waals surface area contributed by atoms with Crippen LogP contribution in [0.3, 0.4) is 0 Å². The minimum absolute atomic E-state index is 0.224. The van der Waals surface area contributed by atoms with E-state index in [1.165, 1.54) is 24.2 Å². The molecule has 0 saturated heterocycles. The van der Waals surface area contributed by atoms with Gasteiger partial charge in [0.05, 0.1) is 4.47 Å². The minimum Gasteiger partial charge on any atom is -0.479 e. The van der Waals surface area contributed by atoms with E-state index in [9.17, 15) is 9.90 Å². The van der Waals surface area contributed by atoms with Gasteiger partial charge in [0.1, 0.15) is 5.76 Å². The quantitative estimate of drug-likeness (QED) is 0.794. The van der Waals surface area contributed by atoms with E-state index in [0.717, 1.165) is 5.56 Å². The molecule has 2 heterocycles. The molecule has 0 fully saturated rings. The molecule has 0 amide bonds. The Labute approximate surface area is 128 Å². The zero-order valence-electron chi connectivity index (χ0n) is 10.8. The van der Waals surface area contributed by atoms with Crippen molar-refractivity contribution in [3.05, 3.63) is 34.3 Å². The number of thioether (sulfide) groups is 1. The number of aryl methyl sites for hydroxylation is 1. The third-order valence-electron chi connectivity index (χ3n) is 2.54. The van der Waals surface area contributed by atoms with Crippen molar-refractivity contribution in [3.63, 3.8) is 0 Å². The standard InChI is InChI=1S/C12H12BrN3O3S/c1-6-3-8(20-2)19-10(6)9(11(17)18)16-12-14-4-7(13)5-15-12/h3-5,9H,1-2H3,(H,17,18)(H,14,15,16). The number of hydrogen-bond acceptors (Lipinski definition) is 6. The average Bonchev–Trinajstić information content (AvgIpc) is 2.79. The zero-order chi connectivity index (χ0) is 14.7. The molecule has 0 aromatic carbocycles. The van der Waals surface area contributed by atoms with Gasteiger partial charge in [-0.05, 0) is 40.7 Å². The highest BCUT2D eigenvalue weighted by atomic mass is 79.9. The van der Waals surface area contributed by atoms with Gasteiger partial charge in [-0.2, -0.15) is 0 Å². The van der Waals surface area contributed by atoms with Crippen LogP contribution in [0.2, 0.25) is 0 Å². The van der Waals surface area contributed by atoms with Gasteiger partial charge in [0.25, 0.3) is 0 Å². The molecule has 0 aliphatic carbocycles. The number of halogens is 1. The van der Waals surface area contributed by atoms with E-state index in [0.29, 0.717) is 15.3 Å². The molecule has 2 rings (SSSR count). The largest absolute Gasteiger partial charge is 0.479 e. The van der Waals surface area contributed by atoms with Gasteiger partial charge in [0.15, 0.2) is 11.1 Å². The maximum absolute atomic E-state index is 11.4. The van der Waals surface area contributed by atoms with E-state index in [1.807, 2.05) is 6.26 Å². The second-order valence-corrected chi connectivity index (χ2v) is 5.68. The molecular weight excluding hydrogens is 346 g/mol. The molecule has 0 radical (unpaired) electrons. The SMILES string of the molecule is CSc1cc(C)c(C(Nc2ncc(Br)cn2)C(=O)O)o1. The molecule has 20 heavy (non-hydrogen) atoms. The maximum atomic E-state index is 11.4. The summed E-state index contributed by atoms with van der Waals surface area (Å²) in [6, 6.07) is 0.775. The average molecular weight is 358 g/mol. The number of nitrogens with one attached hydrogen (secondary N) is 1. The lowest BCUT2D eigenvalue weighted by Gasteiger charge is -2.12. The predicted octanol–water partition coefficient (Wildman–Crippen LogP) is 3.10. The first-order valence-electron chi connectivity index (χ1n) is 5.62. The first-order chi connectivity index (χ1) is 9.51. The highest BCUT2D eigenvalue weighted by molar-refractivity contribution is 9.10. The highest BCUT2D eigenvalue weighted by Crippen LogP contribution is 2.28. The lowest BCUT2D eigenvalue weighted by molar-refractivity contribution is -0.138. The topological polar surface area (TPSA) is 88.2 Å². The molecule has 0 saturated carbocycles. The first-order valence-corrected chi connectivity index (χ1v) is 7.64. The number of carboxylic acid groups (broad SMARTS) is 1. The molecule has 1 atom stereocenters. The minimum atomic E-state index is -1.05. The monoisotopic (exact) mass is 357 g/mol. The van der Waals surface area contributed by atoms with Gasteiger partial charge < -0.3 is 14.8 Å². The highest BCUT2D eigenvalue weighted by Gasteiger charge is 2.26. The molecule has 8 heteroatoms. The molecular formula is C12H12BrN3O3S. The zero-order valence-corrected chi connectivity index (χ0v) is 13.2. The normalized spacial score (nSPS) is 12.2. The lowest BCUT2D eigenvalue weighted by Crippen LogP contribution is -2.21. The number of nitrogens with zero attached hydrogens (tertiary/aromatic N) is 2. The third-order valence-corrected chi connectivity index (χ3v) is 3.55. The summed E-state index contributed by atoms with van der Waals surface area (Å²) in [5, 5.41) is 12.8. The summed E-state index contributed by atoms with van der Waals surface area (Å²) in [4.78, 5) is 19.4. The number of anilines is 1. The fraction of sp³-hybridized carbons (Fsp3) is 0.250. The van der Waals surface area contributed by atoms with Crippen LogP contribution in [0.5, 0.6) is 0 Å². The van der Waals surface area contributed by atoms with Crippen molar-refractivity contribution < 1.29 is 14.3 Å². The number of aliphatic carboxylic acids is 1. The van der Waals surface area contributed by atoms with E-state index in [4.69, 9.17) is 4.42 Å². The van der Waals surface area contributed by atoms with Crippen LogP contribution in [-0.2, 0) is 4.79 Å². The summed E-state index contributed by atoms with van der Waals surface area (Å²) in [7, 11) is 0. The van der Waals surface area contributed by atoms with Crippen LogP contribution in [0.15, 0.2) is 32.4 Å². The van der Waals surface area contributed by atoms with Crippen molar-refractivity contribution in [2.45, 2.75) is 18.1 Å². The van der Waals surface area contributed by atoms with Crippen molar-refractivity contribution in [1.82, 2.24) is 9.97 Å². The van der Waals surface area contributed by atoms with Gasteiger partial charge in [-0.1, -0.05) is 11.8 Å². The van der Waals surface area contributed by atoms with Crippen molar-refractivity contribution in [1.29, 1.82) is 0 Å². The number of carboxylic acids is 1. The van der Waals surface area contributed by atoms with Gasteiger partial charge in [-0.15, -0.1) is 0 Å². The number of carbonyl (C=O) groups is 1. The van der Waals surface area contributed by atoms with Crippen molar-refractivity contribution in [2.24, 2.45) is 0 Å². The van der Waals surface area contributed by atoms with Crippen LogP contribution in [0.4, 0.5) is 5.95 Å². The molecule has 1 unspecified atom stereocenters. The fourth-order valence-corrected chi connectivity index (χ4v) is 2.28. The Morgan fingerprint density at radius 2 is 2.15 bits per heavy atom. The molecule has 0 aliphatic rings. The summed E-state index contributed by atoms with van der Waals surface area (Å²) >= 11 is 4.64. The summed E-state index contributed by atoms with van der Waals surface area (Å²) in [6.07, 6.45) is 4.94. The molecule has 0 aliphatic heterocycles. The summed E-state index contributed by atoms with van der Waals surface area (Å²) in [5.74, 6) is -0.475. The molecule has 0 bridgehead atoms. The Morgan fingerprint density at radius 3 is 2.65 bits per heavy atom. The van der Waals surface area contributed by atoms with Crippen LogP contribution >= 0.6 is 27.7 Å². The summed E-state index contributed by atoms with van der Waals surface area (Å²) in [6.45, 7) is 1.80. The number of rotatable bonds is 5. The third kappa shape index (κ3) is 3.31. The smallest absolute Gasteiger partial charge is 0.334 e. The van der Waals surface area contributed by atoms with E-state index < -0.39 is 12.0 Å². The van der Waals surface area contributed by atoms with E-state index in [1.54, 1.807) is 13.0 Å². The Hall–Kier alpha value is -1.54. The lowest BCUT2D eigenvalue weighted by atomic mass is 10.1. The Bertz CT molecular complexity index is 615. The summed E-state index contributed by atoms with van der Waals surface area (Å²) in [5.41, 5.74) is 0.770. The van der Waals surface area contributed by atoms with Crippen molar-refractivity contribution in [3.8, 4) is 0 Å². The van der Waals surface area contributed by atoms with Gasteiger partial charge in [-0.3, -0.25) is 0 Å². The fourth-order valence-electron chi connectivity index (χ4n) is 1.61. The molecule has 2 aromatic rings. The van der Waals surface area contributed by atoms with Crippen LogP contribution in [0.1, 0.15) is 17.4 Å². The van der Waals surface area contributed by atoms with E-state index >= 15 is 0 Å². The first kappa shape index (κ1) is 14.9. The molecule has 2 N–H and O–H groups in total. The number of aromatic nitrogens is 2. The van der Waals surface area contributed by atoms with Gasteiger partial charge in [-0.25, -0.2) is 14.8 Å². The van der Waals surface area contributed by atoms with Gasteiger partial charge in [0, 0.05) is 12.4 Å². The number of furan rings is 1. The second-order valence-electron chi connectivity index (χ2n) is 3.96. The Morgan fingerprint density at radius 1 is 1.50 bits per heavy atom. The predicted molar refractivity (Wildman–Crippen MR) is 79.0 cm³/mol. The molecule has 2 aromatic heterocycles. The van der Waals surface area contributed by atoms with E-state index in [-0.39, 0.29) is 5.95 Å². The summed E-state index contributed by atoms with van der Waals surface area (Å²) < 4.78 is 6.25. The van der Waals surface area contributed by atoms with Crippen LogP contribution in [0, 0.1) is 6.92 Å². The Kier molecular flexibility index (Phi) is 4.66. The number of hydrogen-bond donors (Lipinski definition) is 2. The van der Waals surface area contributed by atoms with Crippen molar-refractivity contribution in [2.75, 3.05) is 11.6 Å². The van der Waals surface area contributed by atoms with Crippen LogP contribution in [-0.4, -0.2) is 27.3 Å². The van der Waals surface area contributed by atoms with Gasteiger partial charge in [0.2, 0.25) is 5.95 Å². The molecule has 0 spiro atoms. The van der Waals surface area contributed by atoms with Gasteiger partial charge >= 0.3 is 5.97 Å². The van der Waals surface area contributed by atoms with E-state index in [2.05, 4.69) is 31.2 Å². The second kappa shape index (κ2) is 6.27. The molecule has 6 nitrogen and oxygen atoms in total. The van der Waals surface area contributed by atoms with Crippen LogP contribution < -0.4 is 5.32 Å². The Balaban J connectivity index is 2.29. The van der Waals surface area contributed by atoms with Crippen LogP contribution in [0.25, 0.3) is 0 Å².